The van der Waals surface area contributed by atoms with Crippen LogP contribution in [0.3, 0.4) is 0 Å². The summed E-state index contributed by atoms with van der Waals surface area (Å²) in [6, 6.07) is 5.27. The Kier molecular flexibility index (Phi) is 6.09. The summed E-state index contributed by atoms with van der Waals surface area (Å²) < 4.78 is 27.2. The lowest BCUT2D eigenvalue weighted by molar-refractivity contribution is -0.123. The molecule has 200 valence electrons. The highest BCUT2D eigenvalue weighted by Crippen LogP contribution is 2.52. The number of pyridine rings is 1. The van der Waals surface area contributed by atoms with Crippen molar-refractivity contribution in [3.63, 3.8) is 0 Å². The molecular formula is C28H33FN6O3. The van der Waals surface area contributed by atoms with Gasteiger partial charge in [-0.2, -0.15) is 0 Å². The molecule has 0 saturated heterocycles. The van der Waals surface area contributed by atoms with Crippen molar-refractivity contribution in [1.29, 1.82) is 0 Å². The summed E-state index contributed by atoms with van der Waals surface area (Å²) in [5.74, 6) is 1.03. The van der Waals surface area contributed by atoms with Gasteiger partial charge in [-0.3, -0.25) is 4.79 Å². The molecule has 3 heterocycles. The van der Waals surface area contributed by atoms with Crippen molar-refractivity contribution in [2.75, 3.05) is 39.2 Å². The van der Waals surface area contributed by atoms with Crippen LogP contribution in [0.4, 0.5) is 10.3 Å². The smallest absolute Gasteiger partial charge is 0.257 e. The van der Waals surface area contributed by atoms with Crippen molar-refractivity contribution >= 4 is 22.8 Å². The average molecular weight is 521 g/mol. The third kappa shape index (κ3) is 4.40. The number of carbonyl (C=O) groups excluding carboxylic acids is 1. The summed E-state index contributed by atoms with van der Waals surface area (Å²) in [7, 11) is 3.94. The van der Waals surface area contributed by atoms with Gasteiger partial charge in [-0.05, 0) is 71.3 Å². The van der Waals surface area contributed by atoms with E-state index in [2.05, 4.69) is 20.6 Å². The van der Waals surface area contributed by atoms with Gasteiger partial charge in [0.2, 0.25) is 11.9 Å². The van der Waals surface area contributed by atoms with Crippen molar-refractivity contribution < 1.29 is 18.7 Å². The SMILES string of the molecule is Cc1nc(NC23CCC(NC(=O)CCN(C)C)(CC2)C3)nc2ccc(-c3ccnc4c3OCCO4)c(F)c12. The van der Waals surface area contributed by atoms with E-state index in [-0.39, 0.29) is 17.0 Å². The van der Waals surface area contributed by atoms with Crippen LogP contribution in [0.1, 0.15) is 44.2 Å². The van der Waals surface area contributed by atoms with Crippen LogP contribution < -0.4 is 20.1 Å². The molecule has 9 nitrogen and oxygen atoms in total. The first kappa shape index (κ1) is 24.8. The number of halogens is 1. The molecule has 2 saturated carbocycles. The topological polar surface area (TPSA) is 102 Å². The van der Waals surface area contributed by atoms with Gasteiger partial charge in [0.15, 0.2) is 5.75 Å². The maximum atomic E-state index is 15.9. The summed E-state index contributed by atoms with van der Waals surface area (Å²) in [5, 5.41) is 7.29. The molecule has 2 aromatic heterocycles. The number of amides is 1. The minimum absolute atomic E-state index is 0.105. The number of rotatable bonds is 7. The molecule has 6 rings (SSSR count). The number of hydrogen-bond donors (Lipinski definition) is 2. The monoisotopic (exact) mass is 520 g/mol. The lowest BCUT2D eigenvalue weighted by Crippen LogP contribution is -2.45. The molecule has 1 aliphatic heterocycles. The summed E-state index contributed by atoms with van der Waals surface area (Å²) in [6.45, 7) is 3.34. The fourth-order valence-corrected chi connectivity index (χ4v) is 6.25. The molecule has 38 heavy (non-hydrogen) atoms. The zero-order valence-electron chi connectivity index (χ0n) is 22.1. The highest BCUT2D eigenvalue weighted by molar-refractivity contribution is 5.89. The number of hydrogen-bond acceptors (Lipinski definition) is 8. The lowest BCUT2D eigenvalue weighted by atomic mass is 9.91. The highest BCUT2D eigenvalue weighted by atomic mass is 19.1. The summed E-state index contributed by atoms with van der Waals surface area (Å²) in [4.78, 5) is 28.1. The maximum Gasteiger partial charge on any atom is 0.257 e. The second kappa shape index (κ2) is 9.34. The van der Waals surface area contributed by atoms with Gasteiger partial charge in [-0.15, -0.1) is 0 Å². The van der Waals surface area contributed by atoms with E-state index in [0.29, 0.717) is 64.9 Å². The van der Waals surface area contributed by atoms with Gasteiger partial charge in [-0.1, -0.05) is 0 Å². The standard InChI is InChI=1S/C28H33FN6O3/c1-17-22-20(5-4-18(23(22)29)19-6-12-30-25-24(19)37-14-15-38-25)32-26(31-17)34-28-10-8-27(16-28,9-11-28)33-21(36)7-13-35(2)3/h4-6,12H,7-11,13-16H2,1-3H3,(H,33,36)(H,31,32,34). The van der Waals surface area contributed by atoms with E-state index in [9.17, 15) is 4.79 Å². The number of aromatic nitrogens is 3. The van der Waals surface area contributed by atoms with E-state index in [1.165, 1.54) is 0 Å². The highest BCUT2D eigenvalue weighted by Gasteiger charge is 2.55. The predicted molar refractivity (Wildman–Crippen MR) is 142 cm³/mol. The first-order valence-corrected chi connectivity index (χ1v) is 13.2. The van der Waals surface area contributed by atoms with Crippen molar-refractivity contribution in [2.45, 2.75) is 56.5 Å². The molecule has 1 aromatic carbocycles. The quantitative estimate of drug-likeness (QED) is 0.485. The number of nitrogens with one attached hydrogen (secondary N) is 2. The molecule has 0 spiro atoms. The number of ether oxygens (including phenoxy) is 2. The first-order chi connectivity index (χ1) is 18.3. The molecule has 2 N–H and O–H groups in total. The van der Waals surface area contributed by atoms with E-state index in [0.717, 1.165) is 38.6 Å². The van der Waals surface area contributed by atoms with E-state index in [1.54, 1.807) is 25.3 Å². The van der Waals surface area contributed by atoms with Gasteiger partial charge in [0, 0.05) is 41.4 Å². The molecule has 3 aromatic rings. The largest absolute Gasteiger partial charge is 0.484 e. The number of fused-ring (bicyclic) bond motifs is 4. The van der Waals surface area contributed by atoms with E-state index >= 15 is 4.39 Å². The van der Waals surface area contributed by atoms with Crippen LogP contribution in [0.15, 0.2) is 24.4 Å². The van der Waals surface area contributed by atoms with Crippen LogP contribution in [0.25, 0.3) is 22.0 Å². The predicted octanol–water partition coefficient (Wildman–Crippen LogP) is 3.85. The van der Waals surface area contributed by atoms with E-state index < -0.39 is 5.82 Å². The third-order valence-corrected chi connectivity index (χ3v) is 8.12. The Morgan fingerprint density at radius 1 is 1.05 bits per heavy atom. The Labute approximate surface area is 221 Å². The molecule has 10 heteroatoms. The Hall–Kier alpha value is -3.53. The van der Waals surface area contributed by atoms with Gasteiger partial charge in [0.1, 0.15) is 19.0 Å². The van der Waals surface area contributed by atoms with Crippen LogP contribution >= 0.6 is 0 Å². The Balaban J connectivity index is 1.24. The fraction of sp³-hybridized carbons (Fsp3) is 0.500. The Bertz CT molecular complexity index is 1400. The van der Waals surface area contributed by atoms with Crippen molar-refractivity contribution in [1.82, 2.24) is 25.2 Å². The van der Waals surface area contributed by atoms with Crippen LogP contribution in [0.2, 0.25) is 0 Å². The van der Waals surface area contributed by atoms with Crippen LogP contribution in [-0.4, -0.2) is 70.7 Å². The minimum Gasteiger partial charge on any atom is -0.484 e. The second-order valence-electron chi connectivity index (χ2n) is 11.1. The molecule has 2 fully saturated rings. The van der Waals surface area contributed by atoms with Crippen molar-refractivity contribution in [3.8, 4) is 22.8 Å². The Morgan fingerprint density at radius 3 is 2.61 bits per heavy atom. The van der Waals surface area contributed by atoms with E-state index in [1.807, 2.05) is 25.1 Å². The number of benzene rings is 1. The summed E-state index contributed by atoms with van der Waals surface area (Å²) in [6.07, 6.45) is 6.67. The molecule has 0 radical (unpaired) electrons. The van der Waals surface area contributed by atoms with Crippen molar-refractivity contribution in [2.24, 2.45) is 0 Å². The molecule has 3 aliphatic rings. The fourth-order valence-electron chi connectivity index (χ4n) is 6.25. The van der Waals surface area contributed by atoms with Gasteiger partial charge in [0.05, 0.1) is 16.6 Å². The van der Waals surface area contributed by atoms with Gasteiger partial charge in [0.25, 0.3) is 5.88 Å². The molecule has 0 unspecified atom stereocenters. The molecule has 1 amide bonds. The van der Waals surface area contributed by atoms with Crippen molar-refractivity contribution in [3.05, 3.63) is 35.9 Å². The molecule has 0 atom stereocenters. The summed E-state index contributed by atoms with van der Waals surface area (Å²) >= 11 is 0. The Morgan fingerprint density at radius 2 is 1.82 bits per heavy atom. The number of nitrogens with zero attached hydrogens (tertiary/aromatic N) is 4. The molecule has 2 aliphatic carbocycles. The second-order valence-corrected chi connectivity index (χ2v) is 11.1. The van der Waals surface area contributed by atoms with Gasteiger partial charge >= 0.3 is 0 Å². The third-order valence-electron chi connectivity index (χ3n) is 8.12. The van der Waals surface area contributed by atoms with Crippen LogP contribution in [-0.2, 0) is 4.79 Å². The maximum absolute atomic E-state index is 15.9. The number of carbonyl (C=O) groups is 1. The number of aryl methyl sites for hydroxylation is 1. The first-order valence-electron chi connectivity index (χ1n) is 13.2. The zero-order chi connectivity index (χ0) is 26.5. The number of anilines is 1. The average Bonchev–Trinajstić information content (AvgIpc) is 3.42. The van der Waals surface area contributed by atoms with Gasteiger partial charge in [-0.25, -0.2) is 19.3 Å². The zero-order valence-corrected chi connectivity index (χ0v) is 22.1. The summed E-state index contributed by atoms with van der Waals surface area (Å²) in [5.41, 5.74) is 1.76. The minimum atomic E-state index is -0.395. The lowest BCUT2D eigenvalue weighted by Gasteiger charge is -2.29. The van der Waals surface area contributed by atoms with Gasteiger partial charge < -0.3 is 25.0 Å². The normalized spacial score (nSPS) is 23.7. The van der Waals surface area contributed by atoms with Crippen LogP contribution in [0.5, 0.6) is 11.6 Å². The molecular weight excluding hydrogens is 487 g/mol. The molecule has 2 bridgehead atoms. The van der Waals surface area contributed by atoms with E-state index in [4.69, 9.17) is 14.5 Å². The van der Waals surface area contributed by atoms with Crippen LogP contribution in [0, 0.1) is 12.7 Å².